The molecule has 2 heterocycles. The van der Waals surface area contributed by atoms with Gasteiger partial charge in [-0.3, -0.25) is 5.32 Å². The molecule has 1 amide bonds. The number of carbonyl (C=O) groups excluding carboxylic acids is 1. The van der Waals surface area contributed by atoms with Gasteiger partial charge in [0, 0.05) is 11.6 Å². The summed E-state index contributed by atoms with van der Waals surface area (Å²) in [6.07, 6.45) is 1.18. The average molecular weight is 217 g/mol. The maximum absolute atomic E-state index is 11.1. The van der Waals surface area contributed by atoms with Crippen molar-refractivity contribution in [3.8, 4) is 0 Å². The highest BCUT2D eigenvalue weighted by Crippen LogP contribution is 2.18. The predicted molar refractivity (Wildman–Crippen MR) is 60.3 cm³/mol. The average Bonchev–Trinajstić information content (AvgIpc) is 2.30. The van der Waals surface area contributed by atoms with E-state index in [9.17, 15) is 4.79 Å². The Morgan fingerprint density at radius 2 is 2.31 bits per heavy atom. The number of hydrogen-bond donors (Lipinski definition) is 1. The first-order valence-corrected chi connectivity index (χ1v) is 4.78. The van der Waals surface area contributed by atoms with Crippen LogP contribution in [0.4, 0.5) is 10.5 Å². The van der Waals surface area contributed by atoms with Crippen molar-refractivity contribution in [3.63, 3.8) is 0 Å². The van der Waals surface area contributed by atoms with Gasteiger partial charge in [0.25, 0.3) is 0 Å². The summed E-state index contributed by atoms with van der Waals surface area (Å²) in [6.45, 7) is 1.80. The summed E-state index contributed by atoms with van der Waals surface area (Å²) < 4.78 is 4.53. The fourth-order valence-corrected chi connectivity index (χ4v) is 1.38. The maximum atomic E-state index is 11.1. The van der Waals surface area contributed by atoms with Gasteiger partial charge in [0.05, 0.1) is 18.5 Å². The highest BCUT2D eigenvalue weighted by Gasteiger charge is 2.06. The van der Waals surface area contributed by atoms with E-state index >= 15 is 0 Å². The molecule has 0 atom stereocenters. The summed E-state index contributed by atoms with van der Waals surface area (Å²) in [7, 11) is 1.32. The van der Waals surface area contributed by atoms with Crippen molar-refractivity contribution in [1.82, 2.24) is 9.97 Å². The first-order valence-electron chi connectivity index (χ1n) is 4.78. The molecule has 2 aromatic heterocycles. The van der Waals surface area contributed by atoms with Gasteiger partial charge in [0.1, 0.15) is 0 Å². The van der Waals surface area contributed by atoms with Crippen molar-refractivity contribution in [1.29, 1.82) is 0 Å². The SMILES string of the molecule is COC(=O)Nc1cc2cccnc2nc1C. The minimum absolute atomic E-state index is 0.506. The van der Waals surface area contributed by atoms with Gasteiger partial charge in [-0.25, -0.2) is 14.8 Å². The fraction of sp³-hybridized carbons (Fsp3) is 0.182. The molecule has 5 nitrogen and oxygen atoms in total. The Kier molecular flexibility index (Phi) is 2.68. The zero-order valence-electron chi connectivity index (χ0n) is 9.02. The van der Waals surface area contributed by atoms with Crippen LogP contribution in [0.5, 0.6) is 0 Å². The van der Waals surface area contributed by atoms with Crippen LogP contribution >= 0.6 is 0 Å². The molecule has 0 aromatic carbocycles. The van der Waals surface area contributed by atoms with Gasteiger partial charge in [-0.05, 0) is 25.1 Å². The van der Waals surface area contributed by atoms with E-state index in [0.29, 0.717) is 17.0 Å². The summed E-state index contributed by atoms with van der Waals surface area (Å²) in [4.78, 5) is 19.5. The second kappa shape index (κ2) is 4.14. The minimum atomic E-state index is -0.506. The van der Waals surface area contributed by atoms with Gasteiger partial charge in [0.15, 0.2) is 5.65 Å². The molecular formula is C11H11N3O2. The normalized spacial score (nSPS) is 10.1. The number of rotatable bonds is 1. The van der Waals surface area contributed by atoms with Crippen LogP contribution in [0, 0.1) is 6.92 Å². The van der Waals surface area contributed by atoms with Crippen LogP contribution in [-0.4, -0.2) is 23.2 Å². The molecule has 2 aromatic rings. The largest absolute Gasteiger partial charge is 0.453 e. The number of amides is 1. The highest BCUT2D eigenvalue weighted by atomic mass is 16.5. The number of aryl methyl sites for hydroxylation is 1. The number of fused-ring (bicyclic) bond motifs is 1. The Labute approximate surface area is 92.5 Å². The number of nitrogens with one attached hydrogen (secondary N) is 1. The minimum Gasteiger partial charge on any atom is -0.453 e. The van der Waals surface area contributed by atoms with Crippen molar-refractivity contribution in [2.24, 2.45) is 0 Å². The smallest absolute Gasteiger partial charge is 0.411 e. The van der Waals surface area contributed by atoms with Gasteiger partial charge < -0.3 is 4.74 Å². The molecule has 0 aliphatic heterocycles. The van der Waals surface area contributed by atoms with Crippen LogP contribution in [-0.2, 0) is 4.74 Å². The number of carbonyl (C=O) groups is 1. The van der Waals surface area contributed by atoms with Gasteiger partial charge in [-0.1, -0.05) is 0 Å². The van der Waals surface area contributed by atoms with Gasteiger partial charge in [0.2, 0.25) is 0 Å². The Hall–Kier alpha value is -2.17. The molecule has 0 fully saturated rings. The van der Waals surface area contributed by atoms with Crippen LogP contribution < -0.4 is 5.32 Å². The molecule has 1 N–H and O–H groups in total. The molecule has 0 aliphatic carbocycles. The Morgan fingerprint density at radius 1 is 1.50 bits per heavy atom. The third kappa shape index (κ3) is 1.93. The zero-order valence-corrected chi connectivity index (χ0v) is 9.02. The molecule has 82 valence electrons. The van der Waals surface area contributed by atoms with E-state index < -0.39 is 6.09 Å². The van der Waals surface area contributed by atoms with Crippen LogP contribution in [0.2, 0.25) is 0 Å². The van der Waals surface area contributed by atoms with Gasteiger partial charge in [-0.15, -0.1) is 0 Å². The molecule has 0 radical (unpaired) electrons. The van der Waals surface area contributed by atoms with Crippen LogP contribution in [0.15, 0.2) is 24.4 Å². The van der Waals surface area contributed by atoms with Gasteiger partial charge >= 0.3 is 6.09 Å². The van der Waals surface area contributed by atoms with E-state index in [-0.39, 0.29) is 0 Å². The van der Waals surface area contributed by atoms with E-state index in [0.717, 1.165) is 5.39 Å². The lowest BCUT2D eigenvalue weighted by Gasteiger charge is -2.07. The zero-order chi connectivity index (χ0) is 11.5. The summed E-state index contributed by atoms with van der Waals surface area (Å²) in [5.41, 5.74) is 2.00. The van der Waals surface area contributed by atoms with Crippen LogP contribution in [0.1, 0.15) is 5.69 Å². The molecular weight excluding hydrogens is 206 g/mol. The standard InChI is InChI=1S/C11H11N3O2/c1-7-9(14-11(15)16-2)6-8-4-3-5-12-10(8)13-7/h3-6H,1-2H3,(H,14,15). The Bertz CT molecular complexity index is 540. The number of methoxy groups -OCH3 is 1. The molecule has 0 bridgehead atoms. The third-order valence-corrected chi connectivity index (χ3v) is 2.20. The van der Waals surface area contributed by atoms with E-state index in [1.165, 1.54) is 7.11 Å². The molecule has 2 rings (SSSR count). The lowest BCUT2D eigenvalue weighted by Crippen LogP contribution is -2.12. The number of aromatic nitrogens is 2. The van der Waals surface area contributed by atoms with Crippen LogP contribution in [0.3, 0.4) is 0 Å². The molecule has 0 saturated heterocycles. The predicted octanol–water partition coefficient (Wildman–Crippen LogP) is 2.12. The first kappa shape index (κ1) is 10.4. The highest BCUT2D eigenvalue weighted by molar-refractivity contribution is 5.89. The molecule has 0 unspecified atom stereocenters. The number of nitrogens with zero attached hydrogens (tertiary/aromatic N) is 2. The lowest BCUT2D eigenvalue weighted by molar-refractivity contribution is 0.187. The molecule has 0 saturated carbocycles. The number of ether oxygens (including phenoxy) is 1. The van der Waals surface area contributed by atoms with Crippen molar-refractivity contribution >= 4 is 22.8 Å². The number of anilines is 1. The third-order valence-electron chi connectivity index (χ3n) is 2.20. The second-order valence-electron chi connectivity index (χ2n) is 3.29. The Balaban J connectivity index is 2.46. The first-order chi connectivity index (χ1) is 7.70. The summed E-state index contributed by atoms with van der Waals surface area (Å²) in [5.74, 6) is 0. The monoisotopic (exact) mass is 217 g/mol. The summed E-state index contributed by atoms with van der Waals surface area (Å²) in [6, 6.07) is 5.53. The Morgan fingerprint density at radius 3 is 3.06 bits per heavy atom. The van der Waals surface area contributed by atoms with E-state index in [2.05, 4.69) is 20.0 Å². The van der Waals surface area contributed by atoms with Crippen molar-refractivity contribution < 1.29 is 9.53 Å². The van der Waals surface area contributed by atoms with Crippen molar-refractivity contribution in [3.05, 3.63) is 30.1 Å². The van der Waals surface area contributed by atoms with Crippen LogP contribution in [0.25, 0.3) is 11.0 Å². The van der Waals surface area contributed by atoms with E-state index in [1.807, 2.05) is 18.2 Å². The number of hydrogen-bond acceptors (Lipinski definition) is 4. The number of pyridine rings is 2. The second-order valence-corrected chi connectivity index (χ2v) is 3.29. The lowest BCUT2D eigenvalue weighted by atomic mass is 10.2. The van der Waals surface area contributed by atoms with Crippen molar-refractivity contribution in [2.75, 3.05) is 12.4 Å². The molecule has 5 heteroatoms. The summed E-state index contributed by atoms with van der Waals surface area (Å²) in [5, 5.41) is 3.48. The van der Waals surface area contributed by atoms with E-state index in [4.69, 9.17) is 0 Å². The van der Waals surface area contributed by atoms with Crippen molar-refractivity contribution in [2.45, 2.75) is 6.92 Å². The van der Waals surface area contributed by atoms with E-state index in [1.54, 1.807) is 13.1 Å². The fourth-order valence-electron chi connectivity index (χ4n) is 1.38. The molecule has 0 spiro atoms. The topological polar surface area (TPSA) is 64.1 Å². The summed E-state index contributed by atoms with van der Waals surface area (Å²) >= 11 is 0. The molecule has 0 aliphatic rings. The quantitative estimate of drug-likeness (QED) is 0.794. The molecule has 16 heavy (non-hydrogen) atoms. The maximum Gasteiger partial charge on any atom is 0.411 e. The van der Waals surface area contributed by atoms with Gasteiger partial charge in [-0.2, -0.15) is 0 Å².